The normalized spacial score (nSPS) is 12.7. The Morgan fingerprint density at radius 1 is 1.37 bits per heavy atom. The van der Waals surface area contributed by atoms with Crippen molar-refractivity contribution < 1.29 is 4.92 Å². The molecule has 0 fully saturated rings. The van der Waals surface area contributed by atoms with Crippen LogP contribution < -0.4 is 5.32 Å². The highest BCUT2D eigenvalue weighted by Crippen LogP contribution is 2.24. The van der Waals surface area contributed by atoms with E-state index in [1.807, 2.05) is 6.07 Å². The summed E-state index contributed by atoms with van der Waals surface area (Å²) in [6.07, 6.45) is 2.24. The maximum Gasteiger partial charge on any atom is 0.275 e. The van der Waals surface area contributed by atoms with Crippen molar-refractivity contribution in [3.05, 3.63) is 38.3 Å². The molecule has 0 saturated heterocycles. The lowest BCUT2D eigenvalue weighted by Crippen LogP contribution is -2.32. The van der Waals surface area contributed by atoms with Crippen molar-refractivity contribution >= 4 is 21.6 Å². The topological polar surface area (TPSA) is 55.2 Å². The van der Waals surface area contributed by atoms with Gasteiger partial charge in [-0.25, -0.2) is 0 Å². The second-order valence-corrected chi connectivity index (χ2v) is 5.69. The van der Waals surface area contributed by atoms with Gasteiger partial charge in [-0.1, -0.05) is 42.6 Å². The molecule has 0 bridgehead atoms. The van der Waals surface area contributed by atoms with E-state index in [2.05, 4.69) is 42.0 Å². The molecule has 1 aromatic rings. The molecule has 0 aliphatic rings. The molecule has 0 amide bonds. The molecule has 1 unspecified atom stereocenters. The minimum atomic E-state index is -0.330. The average molecular weight is 329 g/mol. The van der Waals surface area contributed by atoms with Gasteiger partial charge in [0, 0.05) is 28.7 Å². The SMILES string of the molecule is CCC(CC)C(C)NCc1ccc(Br)cc1[N+](=O)[O-]. The summed E-state index contributed by atoms with van der Waals surface area (Å²) in [5, 5.41) is 14.4. The second kappa shape index (κ2) is 7.60. The van der Waals surface area contributed by atoms with E-state index in [1.54, 1.807) is 12.1 Å². The number of hydrogen-bond donors (Lipinski definition) is 1. The van der Waals surface area contributed by atoms with Crippen LogP contribution in [-0.2, 0) is 6.54 Å². The zero-order valence-electron chi connectivity index (χ0n) is 11.6. The second-order valence-electron chi connectivity index (χ2n) is 4.78. The Morgan fingerprint density at radius 2 is 2.00 bits per heavy atom. The van der Waals surface area contributed by atoms with Crippen LogP contribution in [-0.4, -0.2) is 11.0 Å². The van der Waals surface area contributed by atoms with Crippen molar-refractivity contribution in [3.63, 3.8) is 0 Å². The van der Waals surface area contributed by atoms with Gasteiger partial charge in [0.15, 0.2) is 0 Å². The number of nitro benzene ring substituents is 1. The van der Waals surface area contributed by atoms with Crippen molar-refractivity contribution in [2.45, 2.75) is 46.2 Å². The van der Waals surface area contributed by atoms with Crippen molar-refractivity contribution in [1.82, 2.24) is 5.32 Å². The monoisotopic (exact) mass is 328 g/mol. The van der Waals surface area contributed by atoms with E-state index in [9.17, 15) is 10.1 Å². The highest BCUT2D eigenvalue weighted by atomic mass is 79.9. The van der Waals surface area contributed by atoms with Crippen LogP contribution in [0.3, 0.4) is 0 Å². The first kappa shape index (κ1) is 16.1. The standard InChI is InChI=1S/C14H21BrN2O2/c1-4-11(5-2)10(3)16-9-12-6-7-13(15)8-14(12)17(18)19/h6-8,10-11,16H,4-5,9H2,1-3H3. The molecular formula is C14H21BrN2O2. The van der Waals surface area contributed by atoms with E-state index in [1.165, 1.54) is 0 Å². The van der Waals surface area contributed by atoms with E-state index in [0.29, 0.717) is 18.5 Å². The van der Waals surface area contributed by atoms with Gasteiger partial charge >= 0.3 is 0 Å². The Balaban J connectivity index is 2.75. The smallest absolute Gasteiger partial charge is 0.275 e. The minimum absolute atomic E-state index is 0.165. The highest BCUT2D eigenvalue weighted by Gasteiger charge is 2.17. The van der Waals surface area contributed by atoms with Crippen LogP contribution in [0.5, 0.6) is 0 Å². The fourth-order valence-corrected chi connectivity index (χ4v) is 2.64. The summed E-state index contributed by atoms with van der Waals surface area (Å²) in [5.74, 6) is 0.606. The Hall–Kier alpha value is -0.940. The van der Waals surface area contributed by atoms with Gasteiger partial charge in [0.2, 0.25) is 0 Å². The van der Waals surface area contributed by atoms with Gasteiger partial charge in [0.1, 0.15) is 0 Å². The van der Waals surface area contributed by atoms with E-state index in [4.69, 9.17) is 0 Å². The number of nitrogens with zero attached hydrogens (tertiary/aromatic N) is 1. The number of nitro groups is 1. The molecular weight excluding hydrogens is 308 g/mol. The molecule has 1 aromatic carbocycles. The highest BCUT2D eigenvalue weighted by molar-refractivity contribution is 9.10. The summed E-state index contributed by atoms with van der Waals surface area (Å²) in [6.45, 7) is 7.02. The lowest BCUT2D eigenvalue weighted by atomic mass is 9.95. The van der Waals surface area contributed by atoms with Crippen molar-refractivity contribution in [2.75, 3.05) is 0 Å². The van der Waals surface area contributed by atoms with E-state index in [-0.39, 0.29) is 10.6 Å². The summed E-state index contributed by atoms with van der Waals surface area (Å²) in [4.78, 5) is 10.7. The van der Waals surface area contributed by atoms with Gasteiger partial charge in [-0.2, -0.15) is 0 Å². The first-order valence-corrected chi connectivity index (χ1v) is 7.45. The molecule has 1 atom stereocenters. The Morgan fingerprint density at radius 3 is 2.53 bits per heavy atom. The Kier molecular flexibility index (Phi) is 6.45. The Bertz CT molecular complexity index is 433. The Labute approximate surface area is 122 Å². The van der Waals surface area contributed by atoms with E-state index >= 15 is 0 Å². The van der Waals surface area contributed by atoms with Gasteiger partial charge in [-0.15, -0.1) is 0 Å². The summed E-state index contributed by atoms with van der Waals surface area (Å²) < 4.78 is 0.732. The first-order chi connectivity index (χ1) is 8.99. The van der Waals surface area contributed by atoms with Crippen molar-refractivity contribution in [2.24, 2.45) is 5.92 Å². The van der Waals surface area contributed by atoms with Gasteiger partial charge < -0.3 is 5.32 Å². The lowest BCUT2D eigenvalue weighted by Gasteiger charge is -2.22. The molecule has 1 N–H and O–H groups in total. The number of hydrogen-bond acceptors (Lipinski definition) is 3. The van der Waals surface area contributed by atoms with Crippen LogP contribution in [0.15, 0.2) is 22.7 Å². The first-order valence-electron chi connectivity index (χ1n) is 6.65. The molecule has 0 radical (unpaired) electrons. The van der Waals surface area contributed by atoms with Crippen LogP contribution in [0.2, 0.25) is 0 Å². The molecule has 4 nitrogen and oxygen atoms in total. The van der Waals surface area contributed by atoms with Crippen LogP contribution in [0.4, 0.5) is 5.69 Å². The third-order valence-electron chi connectivity index (χ3n) is 3.61. The average Bonchev–Trinajstić information content (AvgIpc) is 2.38. The number of benzene rings is 1. The van der Waals surface area contributed by atoms with E-state index in [0.717, 1.165) is 22.9 Å². The number of nitrogens with one attached hydrogen (secondary N) is 1. The quantitative estimate of drug-likeness (QED) is 0.600. The zero-order valence-corrected chi connectivity index (χ0v) is 13.2. The van der Waals surface area contributed by atoms with Crippen LogP contribution >= 0.6 is 15.9 Å². The summed E-state index contributed by atoms with van der Waals surface area (Å²) in [5.41, 5.74) is 0.893. The zero-order chi connectivity index (χ0) is 14.4. The molecule has 0 spiro atoms. The number of halogens is 1. The number of rotatable bonds is 7. The molecule has 0 aromatic heterocycles. The van der Waals surface area contributed by atoms with Crippen molar-refractivity contribution in [3.8, 4) is 0 Å². The summed E-state index contributed by atoms with van der Waals surface area (Å²) in [7, 11) is 0. The van der Waals surface area contributed by atoms with Gasteiger partial charge in [0.05, 0.1) is 4.92 Å². The molecule has 0 aliphatic carbocycles. The maximum atomic E-state index is 11.0. The van der Waals surface area contributed by atoms with Crippen LogP contribution in [0.1, 0.15) is 39.2 Å². The largest absolute Gasteiger partial charge is 0.310 e. The predicted molar refractivity (Wildman–Crippen MR) is 81.2 cm³/mol. The fourth-order valence-electron chi connectivity index (χ4n) is 2.29. The molecule has 5 heteroatoms. The van der Waals surface area contributed by atoms with Crippen LogP contribution in [0, 0.1) is 16.0 Å². The summed E-state index contributed by atoms with van der Waals surface area (Å²) in [6, 6.07) is 5.55. The lowest BCUT2D eigenvalue weighted by molar-refractivity contribution is -0.385. The minimum Gasteiger partial charge on any atom is -0.310 e. The van der Waals surface area contributed by atoms with E-state index < -0.39 is 0 Å². The van der Waals surface area contributed by atoms with Crippen LogP contribution in [0.25, 0.3) is 0 Å². The van der Waals surface area contributed by atoms with Gasteiger partial charge in [-0.3, -0.25) is 10.1 Å². The molecule has 0 heterocycles. The van der Waals surface area contributed by atoms with Gasteiger partial charge in [0.25, 0.3) is 5.69 Å². The summed E-state index contributed by atoms with van der Waals surface area (Å²) >= 11 is 3.27. The molecule has 0 aliphatic heterocycles. The molecule has 1 rings (SSSR count). The molecule has 0 saturated carbocycles. The maximum absolute atomic E-state index is 11.0. The van der Waals surface area contributed by atoms with Gasteiger partial charge in [-0.05, 0) is 25.0 Å². The third-order valence-corrected chi connectivity index (χ3v) is 4.11. The molecule has 19 heavy (non-hydrogen) atoms. The fraction of sp³-hybridized carbons (Fsp3) is 0.571. The van der Waals surface area contributed by atoms with Crippen molar-refractivity contribution in [1.29, 1.82) is 0 Å². The third kappa shape index (κ3) is 4.58. The molecule has 106 valence electrons. The predicted octanol–water partition coefficient (Wildman–Crippen LogP) is 4.27.